The first-order valence-electron chi connectivity index (χ1n) is 7.21. The van der Waals surface area contributed by atoms with Crippen molar-refractivity contribution in [1.29, 1.82) is 0 Å². The second-order valence-electron chi connectivity index (χ2n) is 6.44. The molecule has 0 aromatic carbocycles. The molecule has 110 valence electrons. The Morgan fingerprint density at radius 1 is 1.10 bits per heavy atom. The van der Waals surface area contributed by atoms with Crippen LogP contribution >= 0.6 is 0 Å². The Hall–Kier alpha value is -1.65. The summed E-state index contributed by atoms with van der Waals surface area (Å²) in [5.74, 6) is 0.991. The second kappa shape index (κ2) is 5.77. The minimum Gasteiger partial charge on any atom is -0.340 e. The molecule has 1 amide bonds. The third-order valence-corrected chi connectivity index (χ3v) is 3.47. The number of aryl methyl sites for hydroxylation is 1. The Labute approximate surface area is 121 Å². The van der Waals surface area contributed by atoms with Crippen molar-refractivity contribution in [2.75, 3.05) is 31.1 Å². The number of aromatic nitrogens is 2. The van der Waals surface area contributed by atoms with Crippen LogP contribution in [0.25, 0.3) is 0 Å². The van der Waals surface area contributed by atoms with Crippen LogP contribution in [0, 0.1) is 12.3 Å². The van der Waals surface area contributed by atoms with Crippen LogP contribution in [0.1, 0.15) is 32.8 Å². The molecule has 0 atom stereocenters. The van der Waals surface area contributed by atoms with E-state index < -0.39 is 0 Å². The molecule has 1 saturated heterocycles. The Morgan fingerprint density at radius 2 is 1.75 bits per heavy atom. The van der Waals surface area contributed by atoms with Crippen molar-refractivity contribution in [3.8, 4) is 0 Å². The Balaban J connectivity index is 2.02. The van der Waals surface area contributed by atoms with E-state index >= 15 is 0 Å². The minimum atomic E-state index is -0.310. The van der Waals surface area contributed by atoms with Gasteiger partial charge in [0.1, 0.15) is 0 Å². The van der Waals surface area contributed by atoms with Crippen LogP contribution in [-0.4, -0.2) is 47.0 Å². The molecule has 20 heavy (non-hydrogen) atoms. The van der Waals surface area contributed by atoms with Gasteiger partial charge in [0.05, 0.1) is 0 Å². The van der Waals surface area contributed by atoms with E-state index in [0.29, 0.717) is 0 Å². The zero-order valence-corrected chi connectivity index (χ0v) is 12.9. The third-order valence-electron chi connectivity index (χ3n) is 3.47. The topological polar surface area (TPSA) is 49.3 Å². The maximum atomic E-state index is 12.3. The number of hydrogen-bond donors (Lipinski definition) is 0. The van der Waals surface area contributed by atoms with Crippen LogP contribution in [0.15, 0.2) is 12.4 Å². The monoisotopic (exact) mass is 276 g/mol. The predicted octanol–water partition coefficient (Wildman–Crippen LogP) is 1.87. The molecule has 0 bridgehead atoms. The molecule has 1 fully saturated rings. The highest BCUT2D eigenvalue weighted by molar-refractivity contribution is 5.81. The van der Waals surface area contributed by atoms with Crippen molar-refractivity contribution in [2.45, 2.75) is 34.1 Å². The molecule has 1 aromatic rings. The molecule has 2 rings (SSSR count). The van der Waals surface area contributed by atoms with Crippen molar-refractivity contribution in [3.05, 3.63) is 18.0 Å². The molecule has 2 heterocycles. The van der Waals surface area contributed by atoms with Crippen molar-refractivity contribution in [1.82, 2.24) is 14.9 Å². The van der Waals surface area contributed by atoms with E-state index in [0.717, 1.165) is 44.1 Å². The minimum absolute atomic E-state index is 0.226. The average Bonchev–Trinajstić information content (AvgIpc) is 2.63. The summed E-state index contributed by atoms with van der Waals surface area (Å²) in [6, 6.07) is 0. The van der Waals surface area contributed by atoms with Gasteiger partial charge in [0.2, 0.25) is 11.9 Å². The highest BCUT2D eigenvalue weighted by Crippen LogP contribution is 2.19. The molecule has 0 spiro atoms. The summed E-state index contributed by atoms with van der Waals surface area (Å²) in [5.41, 5.74) is 0.753. The van der Waals surface area contributed by atoms with Gasteiger partial charge in [0, 0.05) is 44.0 Å². The van der Waals surface area contributed by atoms with Gasteiger partial charge in [-0.15, -0.1) is 0 Å². The number of amides is 1. The van der Waals surface area contributed by atoms with Crippen molar-refractivity contribution >= 4 is 11.9 Å². The molecule has 5 heteroatoms. The Morgan fingerprint density at radius 3 is 2.35 bits per heavy atom. The number of carbonyl (C=O) groups excluding carboxylic acids is 1. The van der Waals surface area contributed by atoms with Crippen LogP contribution in [0.2, 0.25) is 0 Å². The lowest BCUT2D eigenvalue weighted by molar-refractivity contribution is -0.139. The smallest absolute Gasteiger partial charge is 0.228 e. The third kappa shape index (κ3) is 3.46. The summed E-state index contributed by atoms with van der Waals surface area (Å²) in [6.07, 6.45) is 4.63. The Bertz CT molecular complexity index is 464. The van der Waals surface area contributed by atoms with Gasteiger partial charge in [-0.1, -0.05) is 20.8 Å². The quantitative estimate of drug-likeness (QED) is 0.785. The lowest BCUT2D eigenvalue weighted by Gasteiger charge is -2.28. The molecule has 0 aliphatic carbocycles. The van der Waals surface area contributed by atoms with Crippen molar-refractivity contribution in [3.63, 3.8) is 0 Å². The van der Waals surface area contributed by atoms with Crippen LogP contribution in [0.4, 0.5) is 5.95 Å². The molecule has 5 nitrogen and oxygen atoms in total. The van der Waals surface area contributed by atoms with Crippen LogP contribution in [0.5, 0.6) is 0 Å². The first-order valence-corrected chi connectivity index (χ1v) is 7.21. The zero-order valence-electron chi connectivity index (χ0n) is 12.9. The molecule has 0 N–H and O–H groups in total. The fourth-order valence-corrected chi connectivity index (χ4v) is 2.34. The summed E-state index contributed by atoms with van der Waals surface area (Å²) in [4.78, 5) is 25.2. The number of carbonyl (C=O) groups is 1. The van der Waals surface area contributed by atoms with E-state index in [4.69, 9.17) is 0 Å². The Kier molecular flexibility index (Phi) is 4.26. The highest BCUT2D eigenvalue weighted by atomic mass is 16.2. The van der Waals surface area contributed by atoms with Gasteiger partial charge in [0.25, 0.3) is 0 Å². The second-order valence-corrected chi connectivity index (χ2v) is 6.44. The lowest BCUT2D eigenvalue weighted by atomic mass is 9.94. The van der Waals surface area contributed by atoms with Gasteiger partial charge in [-0.2, -0.15) is 0 Å². The van der Waals surface area contributed by atoms with Gasteiger partial charge < -0.3 is 9.80 Å². The summed E-state index contributed by atoms with van der Waals surface area (Å²) < 4.78 is 0. The summed E-state index contributed by atoms with van der Waals surface area (Å²) >= 11 is 0. The van der Waals surface area contributed by atoms with E-state index in [2.05, 4.69) is 14.9 Å². The van der Waals surface area contributed by atoms with Crippen LogP contribution in [0.3, 0.4) is 0 Å². The van der Waals surface area contributed by atoms with Crippen LogP contribution in [-0.2, 0) is 4.79 Å². The van der Waals surface area contributed by atoms with Gasteiger partial charge in [-0.05, 0) is 18.9 Å². The first kappa shape index (κ1) is 14.8. The first-order chi connectivity index (χ1) is 9.38. The van der Waals surface area contributed by atoms with Crippen molar-refractivity contribution < 1.29 is 4.79 Å². The molecule has 0 radical (unpaired) electrons. The van der Waals surface area contributed by atoms with E-state index in [1.807, 2.05) is 45.0 Å². The summed E-state index contributed by atoms with van der Waals surface area (Å²) in [6.45, 7) is 11.2. The van der Waals surface area contributed by atoms with E-state index in [1.165, 1.54) is 0 Å². The number of nitrogens with zero attached hydrogens (tertiary/aromatic N) is 4. The zero-order chi connectivity index (χ0) is 14.8. The van der Waals surface area contributed by atoms with E-state index in [1.54, 1.807) is 0 Å². The maximum absolute atomic E-state index is 12.3. The molecular formula is C15H24N4O. The summed E-state index contributed by atoms with van der Waals surface area (Å²) in [5, 5.41) is 0. The largest absolute Gasteiger partial charge is 0.340 e. The lowest BCUT2D eigenvalue weighted by Crippen LogP contribution is -2.41. The van der Waals surface area contributed by atoms with Crippen LogP contribution < -0.4 is 4.90 Å². The molecule has 0 unspecified atom stereocenters. The highest BCUT2D eigenvalue weighted by Gasteiger charge is 2.28. The predicted molar refractivity (Wildman–Crippen MR) is 79.6 cm³/mol. The van der Waals surface area contributed by atoms with Gasteiger partial charge in [0.15, 0.2) is 0 Å². The molecule has 1 aromatic heterocycles. The van der Waals surface area contributed by atoms with E-state index in [-0.39, 0.29) is 11.3 Å². The van der Waals surface area contributed by atoms with Gasteiger partial charge in [-0.3, -0.25) is 4.79 Å². The molecule has 1 aliphatic heterocycles. The normalized spacial score (nSPS) is 17.0. The SMILES string of the molecule is Cc1cnc(N2CCCN(C(=O)C(C)(C)C)CC2)nc1. The molecule has 1 aliphatic rings. The fourth-order valence-electron chi connectivity index (χ4n) is 2.34. The summed E-state index contributed by atoms with van der Waals surface area (Å²) in [7, 11) is 0. The average molecular weight is 276 g/mol. The van der Waals surface area contributed by atoms with Gasteiger partial charge in [-0.25, -0.2) is 9.97 Å². The fraction of sp³-hybridized carbons (Fsp3) is 0.667. The standard InChI is InChI=1S/C15H24N4O/c1-12-10-16-14(17-11-12)19-7-5-6-18(8-9-19)13(20)15(2,3)4/h10-11H,5-9H2,1-4H3. The van der Waals surface area contributed by atoms with Gasteiger partial charge >= 0.3 is 0 Å². The maximum Gasteiger partial charge on any atom is 0.228 e. The molecule has 0 saturated carbocycles. The molecular weight excluding hydrogens is 252 g/mol. The van der Waals surface area contributed by atoms with Crippen molar-refractivity contribution in [2.24, 2.45) is 5.41 Å². The number of anilines is 1. The number of rotatable bonds is 1. The number of hydrogen-bond acceptors (Lipinski definition) is 4. The van der Waals surface area contributed by atoms with E-state index in [9.17, 15) is 4.79 Å².